The van der Waals surface area contributed by atoms with Crippen LogP contribution in [0.3, 0.4) is 0 Å². The van der Waals surface area contributed by atoms with E-state index in [1.807, 2.05) is 12.1 Å². The van der Waals surface area contributed by atoms with Crippen LogP contribution in [0.5, 0.6) is 0 Å². The zero-order chi connectivity index (χ0) is 10.7. The Kier molecular flexibility index (Phi) is 2.28. The molecular formula is C8H7N5O2. The van der Waals surface area contributed by atoms with Crippen molar-refractivity contribution in [3.63, 3.8) is 0 Å². The molecule has 7 heteroatoms. The molecule has 0 saturated carbocycles. The number of aromatic nitrogens is 3. The summed E-state index contributed by atoms with van der Waals surface area (Å²) >= 11 is 0. The highest BCUT2D eigenvalue weighted by Gasteiger charge is 2.05. The Morgan fingerprint density at radius 2 is 1.87 bits per heavy atom. The third kappa shape index (κ3) is 2.08. The molecule has 76 valence electrons. The van der Waals surface area contributed by atoms with Crippen molar-refractivity contribution in [3.05, 3.63) is 47.0 Å². The quantitative estimate of drug-likeness (QED) is 0.598. The molecule has 2 aromatic rings. The van der Waals surface area contributed by atoms with E-state index in [9.17, 15) is 10.1 Å². The second kappa shape index (κ2) is 3.74. The van der Waals surface area contributed by atoms with Gasteiger partial charge in [0.05, 0.1) is 4.92 Å². The lowest BCUT2D eigenvalue weighted by atomic mass is 10.6. The maximum Gasteiger partial charge on any atom is 0.305 e. The van der Waals surface area contributed by atoms with Gasteiger partial charge in [0.1, 0.15) is 12.4 Å². The Morgan fingerprint density at radius 3 is 2.40 bits per heavy atom. The van der Waals surface area contributed by atoms with Gasteiger partial charge in [-0.25, -0.2) is 9.97 Å². The summed E-state index contributed by atoms with van der Waals surface area (Å²) in [5.41, 5.74) is 2.69. The van der Waals surface area contributed by atoms with Crippen molar-refractivity contribution in [1.82, 2.24) is 14.6 Å². The fourth-order valence-electron chi connectivity index (χ4n) is 0.998. The van der Waals surface area contributed by atoms with Crippen molar-refractivity contribution in [2.45, 2.75) is 0 Å². The molecule has 2 heterocycles. The third-order valence-corrected chi connectivity index (χ3v) is 1.68. The number of nitrogens with one attached hydrogen (secondary N) is 1. The van der Waals surface area contributed by atoms with Crippen molar-refractivity contribution in [2.75, 3.05) is 5.43 Å². The van der Waals surface area contributed by atoms with E-state index >= 15 is 0 Å². The molecule has 0 bridgehead atoms. The van der Waals surface area contributed by atoms with Crippen LogP contribution in [0, 0.1) is 10.1 Å². The molecule has 0 radical (unpaired) electrons. The molecule has 1 N–H and O–H groups in total. The summed E-state index contributed by atoms with van der Waals surface area (Å²) in [5.74, 6) is 0.303. The van der Waals surface area contributed by atoms with Gasteiger partial charge in [-0.2, -0.15) is 0 Å². The standard InChI is InChI=1S/C8H7N5O2/c14-13(15)7-5-9-8(10-6-7)11-12-3-1-2-4-12/h1-6H,(H,9,10,11). The first-order valence-electron chi connectivity index (χ1n) is 4.12. The highest BCUT2D eigenvalue weighted by molar-refractivity contribution is 5.30. The van der Waals surface area contributed by atoms with Crippen LogP contribution < -0.4 is 5.43 Å². The first-order valence-corrected chi connectivity index (χ1v) is 4.12. The second-order valence-electron chi connectivity index (χ2n) is 2.72. The first-order chi connectivity index (χ1) is 7.25. The predicted molar refractivity (Wildman–Crippen MR) is 52.1 cm³/mol. The minimum absolute atomic E-state index is 0.131. The minimum Gasteiger partial charge on any atom is -0.268 e. The molecule has 0 aliphatic rings. The number of hydrogen-bond acceptors (Lipinski definition) is 5. The zero-order valence-electron chi connectivity index (χ0n) is 7.57. The van der Waals surface area contributed by atoms with Crippen LogP contribution >= 0.6 is 0 Å². The van der Waals surface area contributed by atoms with E-state index in [4.69, 9.17) is 0 Å². The summed E-state index contributed by atoms with van der Waals surface area (Å²) in [6.45, 7) is 0. The monoisotopic (exact) mass is 205 g/mol. The Hall–Kier alpha value is -2.44. The predicted octanol–water partition coefficient (Wildman–Crippen LogP) is 1.06. The smallest absolute Gasteiger partial charge is 0.268 e. The van der Waals surface area contributed by atoms with Crippen LogP contribution in [0.25, 0.3) is 0 Å². The lowest BCUT2D eigenvalue weighted by Gasteiger charge is -2.03. The largest absolute Gasteiger partial charge is 0.305 e. The van der Waals surface area contributed by atoms with E-state index < -0.39 is 4.92 Å². The molecule has 0 aliphatic carbocycles. The van der Waals surface area contributed by atoms with E-state index in [2.05, 4.69) is 15.4 Å². The van der Waals surface area contributed by atoms with Gasteiger partial charge in [-0.15, -0.1) is 0 Å². The molecule has 0 saturated heterocycles. The van der Waals surface area contributed by atoms with Crippen molar-refractivity contribution < 1.29 is 4.92 Å². The summed E-state index contributed by atoms with van der Waals surface area (Å²) in [6.07, 6.45) is 5.84. The van der Waals surface area contributed by atoms with E-state index in [0.717, 1.165) is 12.4 Å². The highest BCUT2D eigenvalue weighted by Crippen LogP contribution is 2.08. The maximum atomic E-state index is 10.3. The average Bonchev–Trinajstić information content (AvgIpc) is 2.71. The topological polar surface area (TPSA) is 85.9 Å². The Labute approximate surface area is 84.5 Å². The van der Waals surface area contributed by atoms with Gasteiger partial charge >= 0.3 is 5.69 Å². The van der Waals surface area contributed by atoms with Crippen LogP contribution in [0.15, 0.2) is 36.9 Å². The molecule has 0 aromatic carbocycles. The van der Waals surface area contributed by atoms with Crippen molar-refractivity contribution in [1.29, 1.82) is 0 Å². The van der Waals surface area contributed by atoms with Gasteiger partial charge in [0, 0.05) is 12.4 Å². The van der Waals surface area contributed by atoms with E-state index in [1.54, 1.807) is 17.1 Å². The minimum atomic E-state index is -0.542. The van der Waals surface area contributed by atoms with Gasteiger partial charge in [0.25, 0.3) is 0 Å². The van der Waals surface area contributed by atoms with Crippen molar-refractivity contribution in [3.8, 4) is 0 Å². The highest BCUT2D eigenvalue weighted by atomic mass is 16.6. The number of hydrogen-bond donors (Lipinski definition) is 1. The normalized spacial score (nSPS) is 9.87. The maximum absolute atomic E-state index is 10.3. The lowest BCUT2D eigenvalue weighted by Crippen LogP contribution is -2.08. The van der Waals surface area contributed by atoms with Gasteiger partial charge in [-0.1, -0.05) is 0 Å². The second-order valence-corrected chi connectivity index (χ2v) is 2.72. The van der Waals surface area contributed by atoms with Gasteiger partial charge in [0.2, 0.25) is 5.95 Å². The van der Waals surface area contributed by atoms with Crippen LogP contribution in [0.1, 0.15) is 0 Å². The molecule has 0 spiro atoms. The zero-order valence-corrected chi connectivity index (χ0v) is 7.57. The summed E-state index contributed by atoms with van der Waals surface area (Å²) in [6, 6.07) is 3.66. The Balaban J connectivity index is 2.14. The van der Waals surface area contributed by atoms with E-state index in [1.165, 1.54) is 0 Å². The molecular weight excluding hydrogens is 198 g/mol. The Bertz CT molecular complexity index is 450. The molecule has 2 rings (SSSR count). The number of anilines is 1. The average molecular weight is 205 g/mol. The van der Waals surface area contributed by atoms with Gasteiger partial charge in [-0.05, 0) is 12.1 Å². The van der Waals surface area contributed by atoms with Crippen LogP contribution in [0.2, 0.25) is 0 Å². The molecule has 2 aromatic heterocycles. The summed E-state index contributed by atoms with van der Waals surface area (Å²) in [5, 5.41) is 10.3. The summed E-state index contributed by atoms with van der Waals surface area (Å²) in [4.78, 5) is 17.4. The molecule has 0 unspecified atom stereocenters. The molecule has 0 amide bonds. The lowest BCUT2D eigenvalue weighted by molar-refractivity contribution is -0.385. The molecule has 7 nitrogen and oxygen atoms in total. The fourth-order valence-corrected chi connectivity index (χ4v) is 0.998. The number of rotatable bonds is 3. The van der Waals surface area contributed by atoms with Gasteiger partial charge in [0.15, 0.2) is 0 Å². The molecule has 0 aliphatic heterocycles. The van der Waals surface area contributed by atoms with Crippen LogP contribution in [-0.4, -0.2) is 19.6 Å². The molecule has 0 atom stereocenters. The Morgan fingerprint density at radius 1 is 1.27 bits per heavy atom. The van der Waals surface area contributed by atoms with E-state index in [0.29, 0.717) is 5.95 Å². The van der Waals surface area contributed by atoms with E-state index in [-0.39, 0.29) is 5.69 Å². The van der Waals surface area contributed by atoms with Gasteiger partial charge in [-0.3, -0.25) is 20.2 Å². The van der Waals surface area contributed by atoms with Crippen molar-refractivity contribution in [2.24, 2.45) is 0 Å². The van der Waals surface area contributed by atoms with Crippen LogP contribution in [-0.2, 0) is 0 Å². The van der Waals surface area contributed by atoms with Gasteiger partial charge < -0.3 is 0 Å². The number of nitro groups is 1. The third-order valence-electron chi connectivity index (χ3n) is 1.68. The summed E-state index contributed by atoms with van der Waals surface area (Å²) in [7, 11) is 0. The fraction of sp³-hybridized carbons (Fsp3) is 0. The first kappa shape index (κ1) is 9.13. The number of nitrogens with zero attached hydrogens (tertiary/aromatic N) is 4. The molecule has 15 heavy (non-hydrogen) atoms. The van der Waals surface area contributed by atoms with Crippen molar-refractivity contribution >= 4 is 11.6 Å². The van der Waals surface area contributed by atoms with Crippen LogP contribution in [0.4, 0.5) is 11.6 Å². The molecule has 0 fully saturated rings. The summed E-state index contributed by atoms with van der Waals surface area (Å²) < 4.78 is 1.64. The SMILES string of the molecule is O=[N+]([O-])c1cnc(Nn2cccc2)nc1.